The zero-order chi connectivity index (χ0) is 15.6. The van der Waals surface area contributed by atoms with Gasteiger partial charge in [-0.15, -0.1) is 0 Å². The van der Waals surface area contributed by atoms with Gasteiger partial charge in [0, 0.05) is 12.0 Å². The van der Waals surface area contributed by atoms with E-state index in [1.807, 2.05) is 18.2 Å². The highest BCUT2D eigenvalue weighted by Crippen LogP contribution is 2.34. The van der Waals surface area contributed by atoms with E-state index in [4.69, 9.17) is 9.47 Å². The van der Waals surface area contributed by atoms with Crippen molar-refractivity contribution in [3.8, 4) is 11.5 Å². The van der Waals surface area contributed by atoms with E-state index in [0.717, 1.165) is 36.4 Å². The van der Waals surface area contributed by atoms with Crippen molar-refractivity contribution in [2.45, 2.75) is 38.1 Å². The van der Waals surface area contributed by atoms with E-state index in [-0.39, 0.29) is 17.4 Å². The summed E-state index contributed by atoms with van der Waals surface area (Å²) < 4.78 is 11.2. The maximum absolute atomic E-state index is 12.1. The predicted molar refractivity (Wildman–Crippen MR) is 84.5 cm³/mol. The first-order chi connectivity index (χ1) is 10.6. The Bertz CT molecular complexity index is 551. The van der Waals surface area contributed by atoms with Gasteiger partial charge in [0.2, 0.25) is 5.91 Å². The van der Waals surface area contributed by atoms with Crippen molar-refractivity contribution in [1.29, 1.82) is 0 Å². The van der Waals surface area contributed by atoms with Crippen LogP contribution in [0.4, 0.5) is 0 Å². The molecule has 1 aromatic carbocycles. The Kier molecular flexibility index (Phi) is 4.25. The number of amides is 1. The minimum atomic E-state index is -0.163. The highest BCUT2D eigenvalue weighted by Gasteiger charge is 2.27. The third-order valence-corrected chi connectivity index (χ3v) is 4.41. The van der Waals surface area contributed by atoms with Crippen LogP contribution in [-0.4, -0.2) is 38.3 Å². The predicted octanol–water partition coefficient (Wildman–Crippen LogP) is 1.60. The topological polar surface area (TPSA) is 59.6 Å². The van der Waals surface area contributed by atoms with Crippen molar-refractivity contribution < 1.29 is 14.3 Å². The van der Waals surface area contributed by atoms with Crippen molar-refractivity contribution >= 4 is 5.91 Å². The SMILES string of the molecule is CC(C)(CNC(=O)C1CCCN1)c1ccc2c(c1)OCCO2. The molecule has 5 nitrogen and oxygen atoms in total. The van der Waals surface area contributed by atoms with Crippen LogP contribution in [0.15, 0.2) is 18.2 Å². The van der Waals surface area contributed by atoms with Crippen molar-refractivity contribution in [1.82, 2.24) is 10.6 Å². The minimum absolute atomic E-state index is 0.0314. The molecular weight excluding hydrogens is 280 g/mol. The summed E-state index contributed by atoms with van der Waals surface area (Å²) in [6.45, 7) is 6.97. The first kappa shape index (κ1) is 15.2. The van der Waals surface area contributed by atoms with Gasteiger partial charge in [-0.25, -0.2) is 0 Å². The molecule has 3 rings (SSSR count). The van der Waals surface area contributed by atoms with Crippen LogP contribution in [-0.2, 0) is 10.2 Å². The quantitative estimate of drug-likeness (QED) is 0.887. The molecular formula is C17H24N2O3. The summed E-state index contributed by atoms with van der Waals surface area (Å²) in [7, 11) is 0. The fourth-order valence-corrected chi connectivity index (χ4v) is 2.91. The number of hydrogen-bond acceptors (Lipinski definition) is 4. The summed E-state index contributed by atoms with van der Waals surface area (Å²) in [5.41, 5.74) is 0.973. The molecule has 1 amide bonds. The lowest BCUT2D eigenvalue weighted by atomic mass is 9.84. The summed E-state index contributed by atoms with van der Waals surface area (Å²) >= 11 is 0. The molecule has 22 heavy (non-hydrogen) atoms. The van der Waals surface area contributed by atoms with Crippen LogP contribution in [0, 0.1) is 0 Å². The largest absolute Gasteiger partial charge is 0.486 e. The Labute approximate surface area is 131 Å². The highest BCUT2D eigenvalue weighted by atomic mass is 16.6. The zero-order valence-corrected chi connectivity index (χ0v) is 13.3. The number of hydrogen-bond donors (Lipinski definition) is 2. The smallest absolute Gasteiger partial charge is 0.237 e. The lowest BCUT2D eigenvalue weighted by Crippen LogP contribution is -2.45. The van der Waals surface area contributed by atoms with Crippen molar-refractivity contribution in [3.05, 3.63) is 23.8 Å². The van der Waals surface area contributed by atoms with Gasteiger partial charge in [-0.05, 0) is 37.1 Å². The maximum atomic E-state index is 12.1. The molecule has 5 heteroatoms. The molecule has 2 aliphatic heterocycles. The molecule has 1 fully saturated rings. The number of rotatable bonds is 4. The van der Waals surface area contributed by atoms with E-state index in [2.05, 4.69) is 24.5 Å². The number of nitrogens with one attached hydrogen (secondary N) is 2. The van der Waals surface area contributed by atoms with Crippen molar-refractivity contribution in [2.24, 2.45) is 0 Å². The Morgan fingerprint density at radius 2 is 2.09 bits per heavy atom. The van der Waals surface area contributed by atoms with Crippen molar-refractivity contribution in [2.75, 3.05) is 26.3 Å². The van der Waals surface area contributed by atoms with Crippen LogP contribution in [0.25, 0.3) is 0 Å². The van der Waals surface area contributed by atoms with Gasteiger partial charge in [0.05, 0.1) is 6.04 Å². The molecule has 0 saturated carbocycles. The van der Waals surface area contributed by atoms with E-state index < -0.39 is 0 Å². The molecule has 0 aromatic heterocycles. The Balaban J connectivity index is 1.65. The number of benzene rings is 1. The second-order valence-corrected chi connectivity index (χ2v) is 6.61. The summed E-state index contributed by atoms with van der Waals surface area (Å²) in [6.07, 6.45) is 2.00. The normalized spacial score (nSPS) is 20.7. The Morgan fingerprint density at radius 1 is 1.32 bits per heavy atom. The lowest BCUT2D eigenvalue weighted by Gasteiger charge is -2.28. The fourth-order valence-electron chi connectivity index (χ4n) is 2.91. The molecule has 0 aliphatic carbocycles. The summed E-state index contributed by atoms with van der Waals surface area (Å²) in [5, 5.41) is 6.29. The highest BCUT2D eigenvalue weighted by molar-refractivity contribution is 5.82. The van der Waals surface area contributed by atoms with E-state index in [9.17, 15) is 4.79 Å². The average molecular weight is 304 g/mol. The molecule has 0 bridgehead atoms. The van der Waals surface area contributed by atoms with Gasteiger partial charge >= 0.3 is 0 Å². The van der Waals surface area contributed by atoms with Gasteiger partial charge in [0.1, 0.15) is 13.2 Å². The van der Waals surface area contributed by atoms with E-state index in [1.165, 1.54) is 0 Å². The van der Waals surface area contributed by atoms with Gasteiger partial charge < -0.3 is 20.1 Å². The lowest BCUT2D eigenvalue weighted by molar-refractivity contribution is -0.123. The Hall–Kier alpha value is -1.75. The van der Waals surface area contributed by atoms with E-state index in [1.54, 1.807) is 0 Å². The number of fused-ring (bicyclic) bond motifs is 1. The standard InChI is InChI=1S/C17H24N2O3/c1-17(2,11-19-16(20)13-4-3-7-18-13)12-5-6-14-15(10-12)22-9-8-21-14/h5-6,10,13,18H,3-4,7-9,11H2,1-2H3,(H,19,20). The first-order valence-electron chi connectivity index (χ1n) is 7.97. The number of carbonyl (C=O) groups is 1. The molecule has 2 N–H and O–H groups in total. The van der Waals surface area contributed by atoms with Crippen LogP contribution in [0.5, 0.6) is 11.5 Å². The number of carbonyl (C=O) groups excluding carboxylic acids is 1. The van der Waals surface area contributed by atoms with Crippen LogP contribution < -0.4 is 20.1 Å². The monoisotopic (exact) mass is 304 g/mol. The molecule has 1 unspecified atom stereocenters. The van der Waals surface area contributed by atoms with Gasteiger partial charge in [0.15, 0.2) is 11.5 Å². The number of ether oxygens (including phenoxy) is 2. The van der Waals surface area contributed by atoms with Crippen LogP contribution >= 0.6 is 0 Å². The summed E-state index contributed by atoms with van der Waals surface area (Å²) in [4.78, 5) is 12.1. The third-order valence-electron chi connectivity index (χ3n) is 4.41. The average Bonchev–Trinajstić information content (AvgIpc) is 3.07. The molecule has 0 spiro atoms. The summed E-state index contributed by atoms with van der Waals surface area (Å²) in [5.74, 6) is 1.69. The maximum Gasteiger partial charge on any atom is 0.237 e. The van der Waals surface area contributed by atoms with E-state index in [0.29, 0.717) is 19.8 Å². The Morgan fingerprint density at radius 3 is 2.82 bits per heavy atom. The molecule has 1 aromatic rings. The molecule has 120 valence electrons. The van der Waals surface area contributed by atoms with Crippen LogP contribution in [0.2, 0.25) is 0 Å². The third kappa shape index (κ3) is 3.19. The fraction of sp³-hybridized carbons (Fsp3) is 0.588. The molecule has 1 atom stereocenters. The first-order valence-corrected chi connectivity index (χ1v) is 7.97. The molecule has 0 radical (unpaired) electrons. The van der Waals surface area contributed by atoms with Crippen molar-refractivity contribution in [3.63, 3.8) is 0 Å². The van der Waals surface area contributed by atoms with E-state index >= 15 is 0 Å². The minimum Gasteiger partial charge on any atom is -0.486 e. The van der Waals surface area contributed by atoms with Gasteiger partial charge in [0.25, 0.3) is 0 Å². The molecule has 2 aliphatic rings. The van der Waals surface area contributed by atoms with Crippen LogP contribution in [0.3, 0.4) is 0 Å². The van der Waals surface area contributed by atoms with Crippen LogP contribution in [0.1, 0.15) is 32.3 Å². The van der Waals surface area contributed by atoms with Gasteiger partial charge in [-0.1, -0.05) is 19.9 Å². The second-order valence-electron chi connectivity index (χ2n) is 6.61. The second kappa shape index (κ2) is 6.16. The van der Waals surface area contributed by atoms with Gasteiger partial charge in [-0.3, -0.25) is 4.79 Å². The molecule has 1 saturated heterocycles. The molecule has 2 heterocycles. The van der Waals surface area contributed by atoms with Gasteiger partial charge in [-0.2, -0.15) is 0 Å². The zero-order valence-electron chi connectivity index (χ0n) is 13.3. The summed E-state index contributed by atoms with van der Waals surface area (Å²) in [6, 6.07) is 5.99.